The zero-order valence-electron chi connectivity index (χ0n) is 16.3. The van der Waals surface area contributed by atoms with Crippen molar-refractivity contribution in [1.29, 1.82) is 0 Å². The van der Waals surface area contributed by atoms with E-state index in [1.807, 2.05) is 34.7 Å². The number of amides is 1. The monoisotopic (exact) mass is 460 g/mol. The smallest absolute Gasteiger partial charge is 0.227 e. The van der Waals surface area contributed by atoms with Crippen LogP contribution in [-0.4, -0.2) is 43.4 Å². The first kappa shape index (κ1) is 23.7. The van der Waals surface area contributed by atoms with Crippen molar-refractivity contribution in [2.45, 2.75) is 41.2 Å². The van der Waals surface area contributed by atoms with Gasteiger partial charge >= 0.3 is 0 Å². The maximum absolute atomic E-state index is 12.1. The summed E-state index contributed by atoms with van der Waals surface area (Å²) in [6.07, 6.45) is 0. The third-order valence-electron chi connectivity index (χ3n) is 3.81. The Morgan fingerprint density at radius 3 is 2.20 bits per heavy atom. The molecule has 0 saturated carbocycles. The van der Waals surface area contributed by atoms with Gasteiger partial charge in [0.25, 0.3) is 0 Å². The lowest BCUT2D eigenvalue weighted by atomic mass is 9.92. The maximum Gasteiger partial charge on any atom is 0.227 e. The number of carbonyl (C=O) groups is 1. The van der Waals surface area contributed by atoms with Gasteiger partial charge in [0.15, 0.2) is 5.96 Å². The number of aliphatic imine (C=N–C) groups is 1. The van der Waals surface area contributed by atoms with E-state index in [0.717, 1.165) is 19.0 Å². The molecule has 0 aliphatic carbocycles. The quantitative estimate of drug-likeness (QED) is 0.374. The summed E-state index contributed by atoms with van der Waals surface area (Å²) in [4.78, 5) is 18.9. The standard InChI is InChI=1S/C19H32N4O.HI/c1-7-20-17(24)19(4,5)14-22-18(21-8-2)23(6)13-16-11-9-15(3)10-12-16;/h9-12H,7-8,13-14H2,1-6H3,(H,20,24)(H,21,22);1H. The zero-order valence-corrected chi connectivity index (χ0v) is 18.7. The van der Waals surface area contributed by atoms with Gasteiger partial charge < -0.3 is 15.5 Å². The molecule has 0 saturated heterocycles. The van der Waals surface area contributed by atoms with Crippen LogP contribution >= 0.6 is 24.0 Å². The Hall–Kier alpha value is -1.31. The summed E-state index contributed by atoms with van der Waals surface area (Å²) in [5.74, 6) is 0.848. The summed E-state index contributed by atoms with van der Waals surface area (Å²) in [7, 11) is 2.01. The van der Waals surface area contributed by atoms with Gasteiger partial charge in [-0.15, -0.1) is 24.0 Å². The van der Waals surface area contributed by atoms with Crippen molar-refractivity contribution in [2.75, 3.05) is 26.7 Å². The van der Waals surface area contributed by atoms with E-state index >= 15 is 0 Å². The van der Waals surface area contributed by atoms with E-state index in [0.29, 0.717) is 13.1 Å². The van der Waals surface area contributed by atoms with Gasteiger partial charge in [0, 0.05) is 26.7 Å². The molecule has 0 bridgehead atoms. The third kappa shape index (κ3) is 8.07. The first-order valence-electron chi connectivity index (χ1n) is 8.63. The van der Waals surface area contributed by atoms with Crippen molar-refractivity contribution < 1.29 is 4.79 Å². The summed E-state index contributed by atoms with van der Waals surface area (Å²) in [5, 5.41) is 6.18. The molecule has 2 N–H and O–H groups in total. The number of hydrogen-bond acceptors (Lipinski definition) is 2. The van der Waals surface area contributed by atoms with Crippen LogP contribution in [-0.2, 0) is 11.3 Å². The Labute approximate surface area is 169 Å². The Balaban J connectivity index is 0.00000576. The van der Waals surface area contributed by atoms with Crippen molar-refractivity contribution >= 4 is 35.8 Å². The van der Waals surface area contributed by atoms with Gasteiger partial charge in [-0.25, -0.2) is 0 Å². The molecule has 142 valence electrons. The van der Waals surface area contributed by atoms with Gasteiger partial charge in [0.2, 0.25) is 5.91 Å². The fourth-order valence-corrected chi connectivity index (χ4v) is 2.26. The molecule has 1 amide bonds. The highest BCUT2D eigenvalue weighted by atomic mass is 127. The highest BCUT2D eigenvalue weighted by Crippen LogP contribution is 2.16. The Morgan fingerprint density at radius 1 is 1.12 bits per heavy atom. The van der Waals surface area contributed by atoms with E-state index in [2.05, 4.69) is 51.7 Å². The Kier molecular flexibility index (Phi) is 10.7. The Bertz CT molecular complexity index is 555. The second-order valence-electron chi connectivity index (χ2n) is 6.76. The molecule has 0 radical (unpaired) electrons. The molecule has 0 atom stereocenters. The molecule has 0 aliphatic heterocycles. The van der Waals surface area contributed by atoms with Crippen LogP contribution in [0.2, 0.25) is 0 Å². The number of carbonyl (C=O) groups excluding carboxylic acids is 1. The van der Waals surface area contributed by atoms with Crippen LogP contribution in [0.4, 0.5) is 0 Å². The number of benzene rings is 1. The van der Waals surface area contributed by atoms with Crippen LogP contribution in [0.15, 0.2) is 29.3 Å². The molecular formula is C19H33IN4O. The number of hydrogen-bond donors (Lipinski definition) is 2. The lowest BCUT2D eigenvalue weighted by Gasteiger charge is -2.25. The second kappa shape index (κ2) is 11.3. The fourth-order valence-electron chi connectivity index (χ4n) is 2.26. The highest BCUT2D eigenvalue weighted by Gasteiger charge is 2.27. The van der Waals surface area contributed by atoms with Crippen molar-refractivity contribution in [3.63, 3.8) is 0 Å². The van der Waals surface area contributed by atoms with Crippen molar-refractivity contribution in [3.05, 3.63) is 35.4 Å². The molecule has 5 nitrogen and oxygen atoms in total. The molecule has 0 aromatic heterocycles. The molecule has 0 spiro atoms. The minimum atomic E-state index is -0.526. The van der Waals surface area contributed by atoms with Gasteiger partial charge in [0.1, 0.15) is 0 Å². The predicted molar refractivity (Wildman–Crippen MR) is 117 cm³/mol. The minimum absolute atomic E-state index is 0. The summed E-state index contributed by atoms with van der Waals surface area (Å²) in [6.45, 7) is 12.5. The lowest BCUT2D eigenvalue weighted by molar-refractivity contribution is -0.128. The van der Waals surface area contributed by atoms with E-state index in [-0.39, 0.29) is 29.9 Å². The van der Waals surface area contributed by atoms with E-state index < -0.39 is 5.41 Å². The van der Waals surface area contributed by atoms with Crippen LogP contribution < -0.4 is 10.6 Å². The van der Waals surface area contributed by atoms with Crippen LogP contribution in [0.25, 0.3) is 0 Å². The molecule has 0 unspecified atom stereocenters. The number of aryl methyl sites for hydroxylation is 1. The van der Waals surface area contributed by atoms with Gasteiger partial charge in [-0.3, -0.25) is 9.79 Å². The highest BCUT2D eigenvalue weighted by molar-refractivity contribution is 14.0. The molecule has 1 rings (SSSR count). The fraction of sp³-hybridized carbons (Fsp3) is 0.579. The second-order valence-corrected chi connectivity index (χ2v) is 6.76. The summed E-state index contributed by atoms with van der Waals surface area (Å²) >= 11 is 0. The molecule has 1 aromatic rings. The molecule has 6 heteroatoms. The minimum Gasteiger partial charge on any atom is -0.357 e. The van der Waals surface area contributed by atoms with Crippen molar-refractivity contribution in [2.24, 2.45) is 10.4 Å². The molecule has 0 fully saturated rings. The number of nitrogens with zero attached hydrogens (tertiary/aromatic N) is 2. The average Bonchev–Trinajstić information content (AvgIpc) is 2.53. The van der Waals surface area contributed by atoms with E-state index in [1.54, 1.807) is 0 Å². The lowest BCUT2D eigenvalue weighted by Crippen LogP contribution is -2.42. The molecule has 0 aliphatic rings. The Morgan fingerprint density at radius 2 is 1.68 bits per heavy atom. The van der Waals surface area contributed by atoms with E-state index in [9.17, 15) is 4.79 Å². The average molecular weight is 460 g/mol. The molecule has 1 aromatic carbocycles. The number of guanidine groups is 1. The van der Waals surface area contributed by atoms with Gasteiger partial charge in [0.05, 0.1) is 12.0 Å². The third-order valence-corrected chi connectivity index (χ3v) is 3.81. The topological polar surface area (TPSA) is 56.7 Å². The first-order chi connectivity index (χ1) is 11.3. The largest absolute Gasteiger partial charge is 0.357 e. The van der Waals surface area contributed by atoms with Crippen LogP contribution in [0.5, 0.6) is 0 Å². The van der Waals surface area contributed by atoms with Crippen molar-refractivity contribution in [1.82, 2.24) is 15.5 Å². The maximum atomic E-state index is 12.1. The van der Waals surface area contributed by atoms with E-state index in [1.165, 1.54) is 11.1 Å². The van der Waals surface area contributed by atoms with Crippen molar-refractivity contribution in [3.8, 4) is 0 Å². The number of halogens is 1. The van der Waals surface area contributed by atoms with Crippen LogP contribution in [0, 0.1) is 12.3 Å². The number of rotatable bonds is 7. The normalized spacial score (nSPS) is 11.5. The SMILES string of the molecule is CCNC(=O)C(C)(C)CN=C(NCC)N(C)Cc1ccc(C)cc1.I. The van der Waals surface area contributed by atoms with Crippen LogP contribution in [0.3, 0.4) is 0 Å². The van der Waals surface area contributed by atoms with Gasteiger partial charge in [-0.2, -0.15) is 0 Å². The van der Waals surface area contributed by atoms with E-state index in [4.69, 9.17) is 0 Å². The molecule has 25 heavy (non-hydrogen) atoms. The summed E-state index contributed by atoms with van der Waals surface area (Å²) < 4.78 is 0. The number of nitrogens with one attached hydrogen (secondary N) is 2. The van der Waals surface area contributed by atoms with Gasteiger partial charge in [-0.1, -0.05) is 29.8 Å². The predicted octanol–water partition coefficient (Wildman–Crippen LogP) is 3.17. The molecular weight excluding hydrogens is 427 g/mol. The summed E-state index contributed by atoms with van der Waals surface area (Å²) in [6, 6.07) is 8.50. The zero-order chi connectivity index (χ0) is 18.2. The summed E-state index contributed by atoms with van der Waals surface area (Å²) in [5.41, 5.74) is 1.96. The van der Waals surface area contributed by atoms with Crippen LogP contribution in [0.1, 0.15) is 38.8 Å². The first-order valence-corrected chi connectivity index (χ1v) is 8.63. The molecule has 0 heterocycles. The van der Waals surface area contributed by atoms with Gasteiger partial charge in [-0.05, 0) is 40.2 Å².